The SMILES string of the molecule is [N-]=[N+]=NCCOCCOCCOCCOCCC(=O)ON1C(=O)CC(=S(=O)=O)C1=O. The number of ether oxygens (including phenoxy) is 4. The summed E-state index contributed by atoms with van der Waals surface area (Å²) in [5, 5.41) is 3.46. The molecule has 1 heterocycles. The molecule has 0 unspecified atom stereocenters. The van der Waals surface area contributed by atoms with E-state index in [0.29, 0.717) is 33.0 Å². The molecule has 1 aliphatic rings. The lowest BCUT2D eigenvalue weighted by molar-refractivity contribution is -0.197. The van der Waals surface area contributed by atoms with Crippen LogP contribution in [0.2, 0.25) is 0 Å². The Hall–Kier alpha value is -2.55. The van der Waals surface area contributed by atoms with E-state index >= 15 is 0 Å². The lowest BCUT2D eigenvalue weighted by atomic mass is 10.4. The van der Waals surface area contributed by atoms with E-state index in [2.05, 4.69) is 14.9 Å². The lowest BCUT2D eigenvalue weighted by Crippen LogP contribution is -2.34. The summed E-state index contributed by atoms with van der Waals surface area (Å²) in [6.07, 6.45) is -0.875. The molecule has 0 atom stereocenters. The van der Waals surface area contributed by atoms with Gasteiger partial charge in [0.1, 0.15) is 4.86 Å². The molecule has 0 N–H and O–H groups in total. The van der Waals surface area contributed by atoms with Gasteiger partial charge in [0.05, 0.1) is 65.7 Å². The Kier molecular flexibility index (Phi) is 13.0. The van der Waals surface area contributed by atoms with Crippen LogP contribution in [0.5, 0.6) is 0 Å². The first-order valence-corrected chi connectivity index (χ1v) is 9.89. The van der Waals surface area contributed by atoms with Gasteiger partial charge < -0.3 is 23.8 Å². The van der Waals surface area contributed by atoms with Gasteiger partial charge in [-0.15, -0.1) is 0 Å². The molecule has 0 radical (unpaired) electrons. The van der Waals surface area contributed by atoms with E-state index in [-0.39, 0.29) is 37.8 Å². The van der Waals surface area contributed by atoms with Crippen LogP contribution in [0.1, 0.15) is 12.8 Å². The van der Waals surface area contributed by atoms with Crippen molar-refractivity contribution in [2.45, 2.75) is 12.8 Å². The van der Waals surface area contributed by atoms with Crippen molar-refractivity contribution < 1.29 is 46.6 Å². The van der Waals surface area contributed by atoms with E-state index in [1.165, 1.54) is 0 Å². The van der Waals surface area contributed by atoms with E-state index < -0.39 is 39.4 Å². The van der Waals surface area contributed by atoms with Gasteiger partial charge in [-0.25, -0.2) is 4.79 Å². The third kappa shape index (κ3) is 10.3. The molecule has 1 aliphatic heterocycles. The maximum absolute atomic E-state index is 11.6. The first-order valence-electron chi connectivity index (χ1n) is 8.82. The molecule has 2 amide bonds. The largest absolute Gasteiger partial charge is 0.379 e. The van der Waals surface area contributed by atoms with Crippen molar-refractivity contribution in [3.8, 4) is 0 Å². The van der Waals surface area contributed by atoms with Crippen molar-refractivity contribution in [2.75, 3.05) is 59.4 Å². The minimum Gasteiger partial charge on any atom is -0.379 e. The highest BCUT2D eigenvalue weighted by Gasteiger charge is 2.39. The third-order valence-corrected chi connectivity index (χ3v) is 4.04. The van der Waals surface area contributed by atoms with Crippen molar-refractivity contribution in [3.05, 3.63) is 10.4 Å². The van der Waals surface area contributed by atoms with Gasteiger partial charge in [-0.3, -0.25) is 9.59 Å². The van der Waals surface area contributed by atoms with Crippen LogP contribution in [-0.2, 0) is 48.5 Å². The van der Waals surface area contributed by atoms with Crippen molar-refractivity contribution in [1.82, 2.24) is 5.06 Å². The number of nitrogens with zero attached hydrogens (tertiary/aromatic N) is 4. The van der Waals surface area contributed by atoms with Gasteiger partial charge in [-0.2, -0.15) is 8.42 Å². The van der Waals surface area contributed by atoms with Crippen LogP contribution in [0.3, 0.4) is 0 Å². The first-order chi connectivity index (χ1) is 14.5. The molecule has 1 fully saturated rings. The molecule has 0 aromatic heterocycles. The predicted molar refractivity (Wildman–Crippen MR) is 98.4 cm³/mol. The van der Waals surface area contributed by atoms with Crippen molar-refractivity contribution in [2.24, 2.45) is 5.11 Å². The number of hydrogen-bond donors (Lipinski definition) is 0. The fourth-order valence-electron chi connectivity index (χ4n) is 1.95. The molecule has 168 valence electrons. The molecule has 14 nitrogen and oxygen atoms in total. The van der Waals surface area contributed by atoms with Crippen LogP contribution < -0.4 is 0 Å². The molecule has 0 aromatic carbocycles. The second-order valence-corrected chi connectivity index (χ2v) is 6.41. The average molecular weight is 450 g/mol. The molecular formula is C15H22N4O10S. The molecule has 0 aromatic rings. The van der Waals surface area contributed by atoms with Gasteiger partial charge in [0.15, 0.2) is 0 Å². The van der Waals surface area contributed by atoms with E-state index in [0.717, 1.165) is 0 Å². The maximum atomic E-state index is 11.6. The fraction of sp³-hybridized carbons (Fsp3) is 0.733. The normalized spacial score (nSPS) is 13.5. The van der Waals surface area contributed by atoms with Crippen LogP contribution in [0.4, 0.5) is 0 Å². The van der Waals surface area contributed by atoms with Gasteiger partial charge in [0, 0.05) is 11.5 Å². The zero-order chi connectivity index (χ0) is 22.2. The molecule has 0 aliphatic carbocycles. The highest BCUT2D eigenvalue weighted by atomic mass is 32.2. The third-order valence-electron chi connectivity index (χ3n) is 3.32. The molecule has 0 saturated carbocycles. The summed E-state index contributed by atoms with van der Waals surface area (Å²) in [5.41, 5.74) is 8.07. The number of azide groups is 1. The number of imide groups is 1. The van der Waals surface area contributed by atoms with Gasteiger partial charge in [0.2, 0.25) is 10.3 Å². The first kappa shape index (κ1) is 25.5. The quantitative estimate of drug-likeness (QED) is 0.0707. The summed E-state index contributed by atoms with van der Waals surface area (Å²) in [4.78, 5) is 41.3. The standard InChI is InChI=1S/C15H22N4O10S/c16-18-17-2-4-26-6-8-28-10-9-27-7-5-25-3-1-14(21)29-19-13(20)11-12(15(19)22)30(23)24/h1-11H2. The Morgan fingerprint density at radius 2 is 1.50 bits per heavy atom. The van der Waals surface area contributed by atoms with Crippen LogP contribution in [0, 0.1) is 0 Å². The average Bonchev–Trinajstić information content (AvgIpc) is 2.99. The van der Waals surface area contributed by atoms with Crippen LogP contribution in [0.25, 0.3) is 10.4 Å². The Bertz CT molecular complexity index is 770. The van der Waals surface area contributed by atoms with E-state index in [4.69, 9.17) is 24.5 Å². The fourth-order valence-corrected chi connectivity index (χ4v) is 2.42. The lowest BCUT2D eigenvalue weighted by Gasteiger charge is -2.12. The topological polar surface area (TPSA) is 184 Å². The molecule has 30 heavy (non-hydrogen) atoms. The molecule has 0 bridgehead atoms. The Morgan fingerprint density at radius 3 is 2.00 bits per heavy atom. The van der Waals surface area contributed by atoms with E-state index in [9.17, 15) is 22.8 Å². The summed E-state index contributed by atoms with van der Waals surface area (Å²) in [5.74, 6) is -3.01. The minimum atomic E-state index is -2.85. The second-order valence-electron chi connectivity index (χ2n) is 5.45. The summed E-state index contributed by atoms with van der Waals surface area (Å²) >= 11 is 0. The van der Waals surface area contributed by atoms with Crippen molar-refractivity contribution >= 4 is 32.9 Å². The van der Waals surface area contributed by atoms with Gasteiger partial charge >= 0.3 is 11.9 Å². The Balaban J connectivity index is 1.96. The molecule has 1 rings (SSSR count). The zero-order valence-electron chi connectivity index (χ0n) is 16.1. The highest BCUT2D eigenvalue weighted by Crippen LogP contribution is 2.10. The predicted octanol–water partition coefficient (Wildman–Crippen LogP) is -0.978. The Labute approximate surface area is 173 Å². The molecule has 0 spiro atoms. The summed E-state index contributed by atoms with van der Waals surface area (Å²) in [6, 6.07) is 0. The van der Waals surface area contributed by atoms with Crippen molar-refractivity contribution in [3.63, 3.8) is 0 Å². The summed E-state index contributed by atoms with van der Waals surface area (Å²) in [6.45, 7) is 2.48. The van der Waals surface area contributed by atoms with Gasteiger partial charge in [-0.1, -0.05) is 10.2 Å². The van der Waals surface area contributed by atoms with E-state index in [1.807, 2.05) is 0 Å². The Morgan fingerprint density at radius 1 is 0.967 bits per heavy atom. The van der Waals surface area contributed by atoms with Crippen LogP contribution in [0.15, 0.2) is 5.11 Å². The number of hydrogen-bond acceptors (Lipinski definition) is 11. The summed E-state index contributed by atoms with van der Waals surface area (Å²) in [7, 11) is -2.85. The monoisotopic (exact) mass is 450 g/mol. The molecule has 15 heteroatoms. The zero-order valence-corrected chi connectivity index (χ0v) is 16.9. The van der Waals surface area contributed by atoms with Gasteiger partial charge in [-0.05, 0) is 5.53 Å². The smallest absolute Gasteiger partial charge is 0.335 e. The number of carbonyl (C=O) groups is 3. The number of amides is 2. The maximum Gasteiger partial charge on any atom is 0.335 e. The molecule has 1 saturated heterocycles. The van der Waals surface area contributed by atoms with Crippen LogP contribution in [-0.4, -0.2) is 95.5 Å². The number of carbonyl (C=O) groups excluding carboxylic acids is 3. The van der Waals surface area contributed by atoms with Crippen molar-refractivity contribution in [1.29, 1.82) is 0 Å². The number of rotatable bonds is 16. The van der Waals surface area contributed by atoms with Crippen LogP contribution >= 0.6 is 0 Å². The molecular weight excluding hydrogens is 428 g/mol. The minimum absolute atomic E-state index is 0.0356. The van der Waals surface area contributed by atoms with Gasteiger partial charge in [0.25, 0.3) is 5.91 Å². The van der Waals surface area contributed by atoms with E-state index in [1.54, 1.807) is 0 Å². The summed E-state index contributed by atoms with van der Waals surface area (Å²) < 4.78 is 42.4. The number of hydroxylamine groups is 2. The second kappa shape index (κ2) is 15.3. The highest BCUT2D eigenvalue weighted by molar-refractivity contribution is 7.75.